The number of halogens is 1. The van der Waals surface area contributed by atoms with Crippen LogP contribution in [-0.2, 0) is 9.59 Å². The summed E-state index contributed by atoms with van der Waals surface area (Å²) in [7, 11) is 1.56. The van der Waals surface area contributed by atoms with Crippen LogP contribution < -0.4 is 15.0 Å². The molecule has 124 valence electrons. The average Bonchev–Trinajstić information content (AvgIpc) is 2.98. The molecule has 1 aromatic heterocycles. The van der Waals surface area contributed by atoms with Crippen LogP contribution in [0, 0.1) is 5.92 Å². The maximum absolute atomic E-state index is 12.4. The summed E-state index contributed by atoms with van der Waals surface area (Å²) in [4.78, 5) is 30.4. The van der Waals surface area contributed by atoms with Gasteiger partial charge in [-0.15, -0.1) is 0 Å². The van der Waals surface area contributed by atoms with Gasteiger partial charge in [0.2, 0.25) is 11.8 Å². The highest BCUT2D eigenvalue weighted by Gasteiger charge is 2.36. The number of hydrogen-bond donors (Lipinski definition) is 1. The van der Waals surface area contributed by atoms with Crippen molar-refractivity contribution in [3.05, 3.63) is 47.1 Å². The standard InChI is InChI=1S/C17H16BrN3O3/c1-24-14-5-3-2-4-13(14)21-10-11(8-16(21)22)17(23)20-15-7-6-12(18)9-19-15/h2-7,9,11H,8,10H2,1H3,(H,19,20,23). The molecular formula is C17H16BrN3O3. The van der Waals surface area contributed by atoms with E-state index in [0.29, 0.717) is 23.8 Å². The third kappa shape index (κ3) is 3.41. The van der Waals surface area contributed by atoms with E-state index in [4.69, 9.17) is 4.74 Å². The first-order valence-corrected chi connectivity index (χ1v) is 8.23. The third-order valence-corrected chi connectivity index (χ3v) is 4.32. The lowest BCUT2D eigenvalue weighted by atomic mass is 10.1. The predicted molar refractivity (Wildman–Crippen MR) is 94.0 cm³/mol. The van der Waals surface area contributed by atoms with Gasteiger partial charge in [-0.3, -0.25) is 9.59 Å². The van der Waals surface area contributed by atoms with Gasteiger partial charge >= 0.3 is 0 Å². The Balaban J connectivity index is 1.72. The molecular weight excluding hydrogens is 374 g/mol. The molecule has 2 heterocycles. The van der Waals surface area contributed by atoms with Gasteiger partial charge in [-0.25, -0.2) is 4.98 Å². The molecule has 1 atom stereocenters. The Hall–Kier alpha value is -2.41. The lowest BCUT2D eigenvalue weighted by Gasteiger charge is -2.19. The van der Waals surface area contributed by atoms with Crippen LogP contribution >= 0.6 is 15.9 Å². The van der Waals surface area contributed by atoms with E-state index in [-0.39, 0.29) is 18.2 Å². The summed E-state index contributed by atoms with van der Waals surface area (Å²) in [5.74, 6) is 0.347. The molecule has 3 rings (SSSR count). The molecule has 6 nitrogen and oxygen atoms in total. The van der Waals surface area contributed by atoms with E-state index >= 15 is 0 Å². The lowest BCUT2D eigenvalue weighted by molar-refractivity contribution is -0.122. The van der Waals surface area contributed by atoms with E-state index in [2.05, 4.69) is 26.2 Å². The van der Waals surface area contributed by atoms with E-state index in [9.17, 15) is 9.59 Å². The minimum atomic E-state index is -0.423. The van der Waals surface area contributed by atoms with Gasteiger partial charge in [-0.2, -0.15) is 0 Å². The number of nitrogens with zero attached hydrogens (tertiary/aromatic N) is 2. The van der Waals surface area contributed by atoms with Crippen molar-refractivity contribution in [1.82, 2.24) is 4.98 Å². The second-order valence-electron chi connectivity index (χ2n) is 5.43. The number of aromatic nitrogens is 1. The van der Waals surface area contributed by atoms with E-state index < -0.39 is 5.92 Å². The van der Waals surface area contributed by atoms with Crippen molar-refractivity contribution in [2.45, 2.75) is 6.42 Å². The maximum atomic E-state index is 12.4. The fraction of sp³-hybridized carbons (Fsp3) is 0.235. The van der Waals surface area contributed by atoms with Crippen molar-refractivity contribution in [2.75, 3.05) is 23.9 Å². The summed E-state index contributed by atoms with van der Waals surface area (Å²) >= 11 is 3.29. The van der Waals surface area contributed by atoms with Gasteiger partial charge in [0, 0.05) is 23.6 Å². The smallest absolute Gasteiger partial charge is 0.230 e. The SMILES string of the molecule is COc1ccccc1N1CC(C(=O)Nc2ccc(Br)cn2)CC1=O. The van der Waals surface area contributed by atoms with Crippen molar-refractivity contribution in [2.24, 2.45) is 5.92 Å². The molecule has 1 fully saturated rings. The highest BCUT2D eigenvalue weighted by Crippen LogP contribution is 2.33. The van der Waals surface area contributed by atoms with E-state index in [1.165, 1.54) is 0 Å². The van der Waals surface area contributed by atoms with Crippen LogP contribution in [0.5, 0.6) is 5.75 Å². The number of carbonyl (C=O) groups excluding carboxylic acids is 2. The minimum Gasteiger partial charge on any atom is -0.495 e. The Bertz CT molecular complexity index is 764. The van der Waals surface area contributed by atoms with Gasteiger partial charge in [0.15, 0.2) is 0 Å². The largest absolute Gasteiger partial charge is 0.495 e. The molecule has 0 radical (unpaired) electrons. The molecule has 1 unspecified atom stereocenters. The van der Waals surface area contributed by atoms with Crippen LogP contribution in [0.4, 0.5) is 11.5 Å². The molecule has 1 aromatic carbocycles. The number of nitrogens with one attached hydrogen (secondary N) is 1. The normalized spacial score (nSPS) is 17.0. The van der Waals surface area contributed by atoms with Gasteiger partial charge < -0.3 is 15.0 Å². The number of anilines is 2. The number of pyridine rings is 1. The van der Waals surface area contributed by atoms with Crippen LogP contribution in [0.25, 0.3) is 0 Å². The Morgan fingerprint density at radius 2 is 2.12 bits per heavy atom. The van der Waals surface area contributed by atoms with Gasteiger partial charge in [0.05, 0.1) is 18.7 Å². The number of hydrogen-bond acceptors (Lipinski definition) is 4. The molecule has 0 spiro atoms. The molecule has 0 bridgehead atoms. The van der Waals surface area contributed by atoms with Crippen LogP contribution in [0.3, 0.4) is 0 Å². The van der Waals surface area contributed by atoms with E-state index in [0.717, 1.165) is 4.47 Å². The molecule has 1 N–H and O–H groups in total. The van der Waals surface area contributed by atoms with Crippen molar-refractivity contribution in [3.63, 3.8) is 0 Å². The molecule has 24 heavy (non-hydrogen) atoms. The first kappa shape index (κ1) is 16.4. The van der Waals surface area contributed by atoms with Crippen LogP contribution in [0.15, 0.2) is 47.1 Å². The molecule has 7 heteroatoms. The topological polar surface area (TPSA) is 71.5 Å². The second-order valence-corrected chi connectivity index (χ2v) is 6.34. The lowest BCUT2D eigenvalue weighted by Crippen LogP contribution is -2.28. The fourth-order valence-electron chi connectivity index (χ4n) is 2.65. The van der Waals surface area contributed by atoms with Crippen molar-refractivity contribution in [1.29, 1.82) is 0 Å². The number of carbonyl (C=O) groups is 2. The van der Waals surface area contributed by atoms with Crippen LogP contribution in [0.1, 0.15) is 6.42 Å². The highest BCUT2D eigenvalue weighted by molar-refractivity contribution is 9.10. The Morgan fingerprint density at radius 3 is 2.83 bits per heavy atom. The number of rotatable bonds is 4. The number of benzene rings is 1. The van der Waals surface area contributed by atoms with E-state index in [1.807, 2.05) is 18.2 Å². The Kier molecular flexibility index (Phi) is 4.80. The summed E-state index contributed by atoms with van der Waals surface area (Å²) in [5, 5.41) is 2.75. The Labute approximate surface area is 148 Å². The molecule has 2 amide bonds. The maximum Gasteiger partial charge on any atom is 0.230 e. The van der Waals surface area contributed by atoms with E-state index in [1.54, 1.807) is 36.4 Å². The minimum absolute atomic E-state index is 0.0941. The Morgan fingerprint density at radius 1 is 1.33 bits per heavy atom. The monoisotopic (exact) mass is 389 g/mol. The number of para-hydroxylation sites is 2. The van der Waals surface area contributed by atoms with Crippen LogP contribution in [0.2, 0.25) is 0 Å². The molecule has 1 saturated heterocycles. The molecule has 1 aliphatic rings. The first-order valence-electron chi connectivity index (χ1n) is 7.44. The summed E-state index contributed by atoms with van der Waals surface area (Å²) in [6, 6.07) is 10.8. The first-order chi connectivity index (χ1) is 11.6. The quantitative estimate of drug-likeness (QED) is 0.872. The summed E-state index contributed by atoms with van der Waals surface area (Å²) in [5.41, 5.74) is 0.682. The van der Waals surface area contributed by atoms with Crippen LogP contribution in [-0.4, -0.2) is 30.5 Å². The number of amides is 2. The zero-order chi connectivity index (χ0) is 17.1. The average molecular weight is 390 g/mol. The van der Waals surface area contributed by atoms with Crippen molar-refractivity contribution in [3.8, 4) is 5.75 Å². The predicted octanol–water partition coefficient (Wildman–Crippen LogP) is 2.84. The molecule has 0 saturated carbocycles. The molecule has 2 aromatic rings. The zero-order valence-electron chi connectivity index (χ0n) is 13.0. The van der Waals surface area contributed by atoms with Gasteiger partial charge in [0.25, 0.3) is 0 Å². The van der Waals surface area contributed by atoms with Crippen molar-refractivity contribution >= 4 is 39.2 Å². The second kappa shape index (κ2) is 7.00. The summed E-state index contributed by atoms with van der Waals surface area (Å²) in [6.07, 6.45) is 1.77. The highest BCUT2D eigenvalue weighted by atomic mass is 79.9. The zero-order valence-corrected chi connectivity index (χ0v) is 14.6. The van der Waals surface area contributed by atoms with Gasteiger partial charge in [0.1, 0.15) is 11.6 Å². The molecule has 0 aliphatic carbocycles. The summed E-state index contributed by atoms with van der Waals surface area (Å²) in [6.45, 7) is 0.321. The third-order valence-electron chi connectivity index (χ3n) is 3.85. The number of ether oxygens (including phenoxy) is 1. The van der Waals surface area contributed by atoms with Crippen molar-refractivity contribution < 1.29 is 14.3 Å². The fourth-order valence-corrected chi connectivity index (χ4v) is 2.88. The van der Waals surface area contributed by atoms with Gasteiger partial charge in [-0.1, -0.05) is 12.1 Å². The molecule has 1 aliphatic heterocycles. The summed E-state index contributed by atoms with van der Waals surface area (Å²) < 4.78 is 6.13. The van der Waals surface area contributed by atoms with Gasteiger partial charge in [-0.05, 0) is 40.2 Å². The number of methoxy groups -OCH3 is 1.